The normalized spacial score (nSPS) is 18.7. The SMILES string of the molecule is CC1(C)CCN(C(=O)Nc2ccc(N)cc2)CCS1. The Kier molecular flexibility index (Phi) is 4.24. The number of nitrogen functional groups attached to an aromatic ring is 1. The molecule has 0 radical (unpaired) electrons. The van der Waals surface area contributed by atoms with Gasteiger partial charge in [0.25, 0.3) is 0 Å². The Morgan fingerprint density at radius 1 is 1.32 bits per heavy atom. The van der Waals surface area contributed by atoms with E-state index in [0.717, 1.165) is 31.0 Å². The average molecular weight is 279 g/mol. The highest BCUT2D eigenvalue weighted by molar-refractivity contribution is 8.00. The van der Waals surface area contributed by atoms with Gasteiger partial charge in [-0.15, -0.1) is 0 Å². The van der Waals surface area contributed by atoms with E-state index in [9.17, 15) is 4.79 Å². The predicted molar refractivity (Wildman–Crippen MR) is 82.6 cm³/mol. The number of hydrogen-bond donors (Lipinski definition) is 2. The first-order valence-electron chi connectivity index (χ1n) is 6.52. The zero-order valence-corrected chi connectivity index (χ0v) is 12.3. The van der Waals surface area contributed by atoms with E-state index in [1.807, 2.05) is 28.8 Å². The van der Waals surface area contributed by atoms with Crippen LogP contribution in [0.2, 0.25) is 0 Å². The van der Waals surface area contributed by atoms with Crippen LogP contribution >= 0.6 is 11.8 Å². The zero-order valence-electron chi connectivity index (χ0n) is 11.5. The van der Waals surface area contributed by atoms with Crippen molar-refractivity contribution in [2.24, 2.45) is 0 Å². The molecular weight excluding hydrogens is 258 g/mol. The van der Waals surface area contributed by atoms with Crippen molar-refractivity contribution in [1.82, 2.24) is 4.90 Å². The fourth-order valence-corrected chi connectivity index (χ4v) is 3.09. The average Bonchev–Trinajstić information content (AvgIpc) is 2.53. The molecule has 3 N–H and O–H groups in total. The molecule has 1 aromatic rings. The summed E-state index contributed by atoms with van der Waals surface area (Å²) in [7, 11) is 0. The van der Waals surface area contributed by atoms with Crippen LogP contribution in [0.3, 0.4) is 0 Å². The van der Waals surface area contributed by atoms with Crippen molar-refractivity contribution < 1.29 is 4.79 Å². The standard InChI is InChI=1S/C14H21N3OS/c1-14(2)7-8-17(9-10-19-14)13(18)16-12-5-3-11(15)4-6-12/h3-6H,7-10,15H2,1-2H3,(H,16,18). The summed E-state index contributed by atoms with van der Waals surface area (Å²) in [6.07, 6.45) is 1.02. The third-order valence-corrected chi connectivity index (χ3v) is 4.66. The number of hydrogen-bond acceptors (Lipinski definition) is 3. The monoisotopic (exact) mass is 279 g/mol. The lowest BCUT2D eigenvalue weighted by Crippen LogP contribution is -2.37. The first kappa shape index (κ1) is 14.1. The van der Waals surface area contributed by atoms with Crippen LogP contribution in [0.1, 0.15) is 20.3 Å². The topological polar surface area (TPSA) is 58.4 Å². The van der Waals surface area contributed by atoms with Crippen LogP contribution in [0.4, 0.5) is 16.2 Å². The quantitative estimate of drug-likeness (QED) is 0.777. The molecule has 1 aliphatic heterocycles. The summed E-state index contributed by atoms with van der Waals surface area (Å²) in [6, 6.07) is 7.20. The molecule has 1 saturated heterocycles. The van der Waals surface area contributed by atoms with Crippen LogP contribution in [0, 0.1) is 0 Å². The van der Waals surface area contributed by atoms with Crippen molar-refractivity contribution in [2.75, 3.05) is 29.9 Å². The van der Waals surface area contributed by atoms with E-state index in [-0.39, 0.29) is 10.8 Å². The summed E-state index contributed by atoms with van der Waals surface area (Å²) < 4.78 is 0.260. The van der Waals surface area contributed by atoms with Crippen molar-refractivity contribution in [1.29, 1.82) is 0 Å². The number of nitrogens with two attached hydrogens (primary N) is 1. The molecule has 0 unspecified atom stereocenters. The van der Waals surface area contributed by atoms with E-state index in [2.05, 4.69) is 19.2 Å². The first-order valence-corrected chi connectivity index (χ1v) is 7.50. The first-order chi connectivity index (χ1) is 8.96. The molecule has 5 heteroatoms. The number of urea groups is 1. The molecule has 0 spiro atoms. The van der Waals surface area contributed by atoms with Gasteiger partial charge in [0.2, 0.25) is 0 Å². The summed E-state index contributed by atoms with van der Waals surface area (Å²) in [5.41, 5.74) is 7.11. The van der Waals surface area contributed by atoms with Crippen LogP contribution in [0.25, 0.3) is 0 Å². The molecule has 104 valence electrons. The maximum Gasteiger partial charge on any atom is 0.321 e. The molecule has 0 saturated carbocycles. The Morgan fingerprint density at radius 2 is 2.00 bits per heavy atom. The Bertz CT molecular complexity index is 445. The highest BCUT2D eigenvalue weighted by Crippen LogP contribution is 2.30. The number of amides is 2. The van der Waals surface area contributed by atoms with Gasteiger partial charge in [0.15, 0.2) is 0 Å². The van der Waals surface area contributed by atoms with Crippen molar-refractivity contribution in [3.8, 4) is 0 Å². The highest BCUT2D eigenvalue weighted by atomic mass is 32.2. The van der Waals surface area contributed by atoms with Gasteiger partial charge in [-0.05, 0) is 30.7 Å². The molecule has 0 aromatic heterocycles. The van der Waals surface area contributed by atoms with E-state index in [1.165, 1.54) is 0 Å². The van der Waals surface area contributed by atoms with Crippen molar-refractivity contribution in [3.05, 3.63) is 24.3 Å². The molecule has 19 heavy (non-hydrogen) atoms. The fraction of sp³-hybridized carbons (Fsp3) is 0.500. The lowest BCUT2D eigenvalue weighted by molar-refractivity contribution is 0.214. The van der Waals surface area contributed by atoms with Gasteiger partial charge in [-0.3, -0.25) is 0 Å². The number of rotatable bonds is 1. The molecule has 4 nitrogen and oxygen atoms in total. The summed E-state index contributed by atoms with van der Waals surface area (Å²) in [5.74, 6) is 0.988. The van der Waals surface area contributed by atoms with Crippen molar-refractivity contribution in [2.45, 2.75) is 25.0 Å². The van der Waals surface area contributed by atoms with Gasteiger partial charge in [0.1, 0.15) is 0 Å². The number of carbonyl (C=O) groups excluding carboxylic acids is 1. The number of carbonyl (C=O) groups is 1. The maximum absolute atomic E-state index is 12.2. The molecule has 1 fully saturated rings. The number of nitrogens with one attached hydrogen (secondary N) is 1. The molecule has 0 aliphatic carbocycles. The third kappa shape index (κ3) is 4.06. The Hall–Kier alpha value is -1.36. The van der Waals surface area contributed by atoms with Crippen molar-refractivity contribution >= 4 is 29.2 Å². The molecule has 0 bridgehead atoms. The Labute approximate surface area is 118 Å². The summed E-state index contributed by atoms with van der Waals surface area (Å²) in [4.78, 5) is 14.1. The lowest BCUT2D eigenvalue weighted by Gasteiger charge is -2.23. The van der Waals surface area contributed by atoms with Crippen molar-refractivity contribution in [3.63, 3.8) is 0 Å². The fourth-order valence-electron chi connectivity index (χ4n) is 1.99. The molecule has 2 rings (SSSR count). The third-order valence-electron chi connectivity index (χ3n) is 3.29. The minimum Gasteiger partial charge on any atom is -0.399 e. The number of anilines is 2. The van der Waals surface area contributed by atoms with Gasteiger partial charge >= 0.3 is 6.03 Å². The molecular formula is C14H21N3OS. The second-order valence-electron chi connectivity index (χ2n) is 5.40. The van der Waals surface area contributed by atoms with Gasteiger partial charge < -0.3 is 16.0 Å². The predicted octanol–water partition coefficient (Wildman–Crippen LogP) is 3.02. The molecule has 1 heterocycles. The highest BCUT2D eigenvalue weighted by Gasteiger charge is 2.25. The summed E-state index contributed by atoms with van der Waals surface area (Å²) in [5, 5.41) is 2.92. The lowest BCUT2D eigenvalue weighted by atomic mass is 10.1. The summed E-state index contributed by atoms with van der Waals surface area (Å²) >= 11 is 1.93. The number of thioether (sulfide) groups is 1. The number of nitrogens with zero attached hydrogens (tertiary/aromatic N) is 1. The van der Waals surface area contributed by atoms with Crippen LogP contribution < -0.4 is 11.1 Å². The zero-order chi connectivity index (χ0) is 13.9. The van der Waals surface area contributed by atoms with E-state index >= 15 is 0 Å². The van der Waals surface area contributed by atoms with E-state index in [1.54, 1.807) is 12.1 Å². The van der Waals surface area contributed by atoms with Crippen LogP contribution in [0.15, 0.2) is 24.3 Å². The Morgan fingerprint density at radius 3 is 2.68 bits per heavy atom. The molecule has 0 atom stereocenters. The van der Waals surface area contributed by atoms with Gasteiger partial charge in [-0.25, -0.2) is 4.79 Å². The summed E-state index contributed by atoms with van der Waals surface area (Å²) in [6.45, 7) is 6.08. The van der Waals surface area contributed by atoms with Crippen LogP contribution in [-0.4, -0.2) is 34.5 Å². The van der Waals surface area contributed by atoms with Gasteiger partial charge in [-0.1, -0.05) is 13.8 Å². The van der Waals surface area contributed by atoms with E-state index in [0.29, 0.717) is 5.69 Å². The second-order valence-corrected chi connectivity index (χ2v) is 7.20. The van der Waals surface area contributed by atoms with Gasteiger partial charge in [-0.2, -0.15) is 11.8 Å². The molecule has 1 aliphatic rings. The molecule has 2 amide bonds. The van der Waals surface area contributed by atoms with Gasteiger partial charge in [0, 0.05) is 35.0 Å². The molecule has 1 aromatic carbocycles. The van der Waals surface area contributed by atoms with E-state index in [4.69, 9.17) is 5.73 Å². The number of benzene rings is 1. The maximum atomic E-state index is 12.2. The second kappa shape index (κ2) is 5.74. The minimum absolute atomic E-state index is 0.0249. The minimum atomic E-state index is -0.0249. The van der Waals surface area contributed by atoms with E-state index < -0.39 is 0 Å². The van der Waals surface area contributed by atoms with Gasteiger partial charge in [0.05, 0.1) is 0 Å². The largest absolute Gasteiger partial charge is 0.399 e. The Balaban J connectivity index is 1.94. The van der Waals surface area contributed by atoms with Crippen LogP contribution in [-0.2, 0) is 0 Å². The van der Waals surface area contributed by atoms with Crippen LogP contribution in [0.5, 0.6) is 0 Å². The smallest absolute Gasteiger partial charge is 0.321 e.